The zero-order chi connectivity index (χ0) is 15.3. The summed E-state index contributed by atoms with van der Waals surface area (Å²) in [5.74, 6) is 0.220. The summed E-state index contributed by atoms with van der Waals surface area (Å²) in [6.07, 6.45) is 0.890. The molecule has 1 rings (SSSR count). The molecule has 1 aromatic rings. The van der Waals surface area contributed by atoms with Gasteiger partial charge in [0, 0.05) is 24.7 Å². The van der Waals surface area contributed by atoms with E-state index >= 15 is 0 Å². The van der Waals surface area contributed by atoms with Gasteiger partial charge in [-0.15, -0.1) is 0 Å². The van der Waals surface area contributed by atoms with Gasteiger partial charge in [0.05, 0.1) is 4.92 Å². The van der Waals surface area contributed by atoms with Crippen molar-refractivity contribution in [3.63, 3.8) is 0 Å². The molecule has 1 atom stereocenters. The van der Waals surface area contributed by atoms with Crippen LogP contribution in [0.5, 0.6) is 0 Å². The quantitative estimate of drug-likeness (QED) is 0.619. The van der Waals surface area contributed by atoms with Crippen molar-refractivity contribution in [3.05, 3.63) is 33.9 Å². The summed E-state index contributed by atoms with van der Waals surface area (Å²) in [6.45, 7) is 6.15. The van der Waals surface area contributed by atoms with Gasteiger partial charge in [-0.2, -0.15) is 0 Å². The summed E-state index contributed by atoms with van der Waals surface area (Å²) in [4.78, 5) is 22.2. The van der Waals surface area contributed by atoms with Crippen LogP contribution in [0, 0.1) is 16.0 Å². The van der Waals surface area contributed by atoms with Gasteiger partial charge in [0.1, 0.15) is 5.69 Å². The molecule has 0 aliphatic heterocycles. The van der Waals surface area contributed by atoms with E-state index in [1.807, 2.05) is 6.92 Å². The first-order valence-electron chi connectivity index (χ1n) is 6.62. The molecule has 0 saturated carbocycles. The normalized spacial score (nSPS) is 12.1. The van der Waals surface area contributed by atoms with Crippen molar-refractivity contribution in [2.24, 2.45) is 5.92 Å². The van der Waals surface area contributed by atoms with Crippen molar-refractivity contribution in [1.29, 1.82) is 0 Å². The topological polar surface area (TPSA) is 84.3 Å². The minimum Gasteiger partial charge on any atom is -0.377 e. The Labute approximate surface area is 118 Å². The smallest absolute Gasteiger partial charge is 0.292 e. The SMILES string of the molecule is CNC(=O)c1ccc([N+](=O)[O-])c(NC(C)CC(C)C)c1. The van der Waals surface area contributed by atoms with Gasteiger partial charge in [0.25, 0.3) is 11.6 Å². The number of benzene rings is 1. The lowest BCUT2D eigenvalue weighted by Gasteiger charge is -2.17. The second-order valence-corrected chi connectivity index (χ2v) is 5.24. The summed E-state index contributed by atoms with van der Waals surface area (Å²) < 4.78 is 0. The molecule has 1 unspecified atom stereocenters. The second kappa shape index (κ2) is 6.88. The minimum absolute atomic E-state index is 0.0201. The fraction of sp³-hybridized carbons (Fsp3) is 0.500. The fourth-order valence-corrected chi connectivity index (χ4v) is 2.13. The lowest BCUT2D eigenvalue weighted by atomic mass is 10.0. The molecule has 0 spiro atoms. The molecule has 110 valence electrons. The highest BCUT2D eigenvalue weighted by atomic mass is 16.6. The van der Waals surface area contributed by atoms with Crippen LogP contribution in [0.15, 0.2) is 18.2 Å². The van der Waals surface area contributed by atoms with Crippen LogP contribution in [0.2, 0.25) is 0 Å². The van der Waals surface area contributed by atoms with Crippen molar-refractivity contribution in [2.75, 3.05) is 12.4 Å². The average Bonchev–Trinajstić information content (AvgIpc) is 2.36. The Kier molecular flexibility index (Phi) is 5.49. The Hall–Kier alpha value is -2.11. The maximum atomic E-state index is 11.6. The van der Waals surface area contributed by atoms with Crippen LogP contribution >= 0.6 is 0 Å². The zero-order valence-corrected chi connectivity index (χ0v) is 12.3. The van der Waals surface area contributed by atoms with Gasteiger partial charge in [-0.3, -0.25) is 14.9 Å². The third-order valence-corrected chi connectivity index (χ3v) is 2.91. The monoisotopic (exact) mass is 279 g/mol. The maximum Gasteiger partial charge on any atom is 0.292 e. The summed E-state index contributed by atoms with van der Waals surface area (Å²) in [7, 11) is 1.53. The Morgan fingerprint density at radius 2 is 2.00 bits per heavy atom. The number of nitrogens with one attached hydrogen (secondary N) is 2. The molecule has 20 heavy (non-hydrogen) atoms. The van der Waals surface area contributed by atoms with Crippen LogP contribution in [0.25, 0.3) is 0 Å². The van der Waals surface area contributed by atoms with E-state index in [0.29, 0.717) is 17.2 Å². The largest absolute Gasteiger partial charge is 0.377 e. The molecular weight excluding hydrogens is 258 g/mol. The standard InChI is InChI=1S/C14H21N3O3/c1-9(2)7-10(3)16-12-8-11(14(18)15-4)5-6-13(12)17(19)20/h5-6,8-10,16H,7H2,1-4H3,(H,15,18). The first-order chi connectivity index (χ1) is 9.35. The molecule has 0 aliphatic carbocycles. The minimum atomic E-state index is -0.446. The van der Waals surface area contributed by atoms with Crippen molar-refractivity contribution in [3.8, 4) is 0 Å². The number of carbonyl (C=O) groups excluding carboxylic acids is 1. The summed E-state index contributed by atoms with van der Waals surface area (Å²) >= 11 is 0. The van der Waals surface area contributed by atoms with Crippen molar-refractivity contribution in [2.45, 2.75) is 33.2 Å². The van der Waals surface area contributed by atoms with E-state index in [0.717, 1.165) is 6.42 Å². The van der Waals surface area contributed by atoms with Gasteiger partial charge in [-0.25, -0.2) is 0 Å². The summed E-state index contributed by atoms with van der Waals surface area (Å²) in [5.41, 5.74) is 0.759. The van der Waals surface area contributed by atoms with Gasteiger partial charge in [0.15, 0.2) is 0 Å². The molecule has 0 saturated heterocycles. The molecule has 0 aliphatic rings. The number of hydrogen-bond donors (Lipinski definition) is 2. The Morgan fingerprint density at radius 3 is 2.50 bits per heavy atom. The molecule has 2 N–H and O–H groups in total. The molecule has 0 fully saturated rings. The third-order valence-electron chi connectivity index (χ3n) is 2.91. The Morgan fingerprint density at radius 1 is 1.35 bits per heavy atom. The predicted octanol–water partition coefficient (Wildman–Crippen LogP) is 2.80. The molecule has 6 nitrogen and oxygen atoms in total. The van der Waals surface area contributed by atoms with Crippen molar-refractivity contribution in [1.82, 2.24) is 5.32 Å². The lowest BCUT2D eigenvalue weighted by molar-refractivity contribution is -0.384. The maximum absolute atomic E-state index is 11.6. The highest BCUT2D eigenvalue weighted by Crippen LogP contribution is 2.27. The number of hydrogen-bond acceptors (Lipinski definition) is 4. The van der Waals surface area contributed by atoms with Crippen LogP contribution in [0.1, 0.15) is 37.6 Å². The van der Waals surface area contributed by atoms with E-state index in [4.69, 9.17) is 0 Å². The van der Waals surface area contributed by atoms with Crippen LogP contribution < -0.4 is 10.6 Å². The molecule has 6 heteroatoms. The summed E-state index contributed by atoms with van der Waals surface area (Å²) in [5, 5.41) is 16.7. The van der Waals surface area contributed by atoms with E-state index < -0.39 is 4.92 Å². The molecular formula is C14H21N3O3. The Bertz CT molecular complexity index is 500. The number of carbonyl (C=O) groups is 1. The number of nitro benzene ring substituents is 1. The van der Waals surface area contributed by atoms with E-state index in [2.05, 4.69) is 24.5 Å². The van der Waals surface area contributed by atoms with Crippen LogP contribution in [-0.4, -0.2) is 23.9 Å². The molecule has 0 radical (unpaired) electrons. The van der Waals surface area contributed by atoms with Gasteiger partial charge in [0.2, 0.25) is 0 Å². The highest BCUT2D eigenvalue weighted by molar-refractivity contribution is 5.95. The number of nitrogens with zero attached hydrogens (tertiary/aromatic N) is 1. The first kappa shape index (κ1) is 15.9. The lowest BCUT2D eigenvalue weighted by Crippen LogP contribution is -2.20. The van der Waals surface area contributed by atoms with Crippen LogP contribution in [0.3, 0.4) is 0 Å². The molecule has 0 heterocycles. The van der Waals surface area contributed by atoms with Gasteiger partial charge in [-0.1, -0.05) is 13.8 Å². The number of rotatable bonds is 6. The number of amides is 1. The van der Waals surface area contributed by atoms with Crippen LogP contribution in [-0.2, 0) is 0 Å². The van der Waals surface area contributed by atoms with Gasteiger partial charge < -0.3 is 10.6 Å². The summed E-state index contributed by atoms with van der Waals surface area (Å²) in [6, 6.07) is 4.42. The Balaban J connectivity index is 3.06. The zero-order valence-electron chi connectivity index (χ0n) is 12.3. The third kappa shape index (κ3) is 4.22. The fourth-order valence-electron chi connectivity index (χ4n) is 2.13. The van der Waals surface area contributed by atoms with Gasteiger partial charge >= 0.3 is 0 Å². The molecule has 0 bridgehead atoms. The molecule has 1 aromatic carbocycles. The van der Waals surface area contributed by atoms with E-state index in [-0.39, 0.29) is 17.6 Å². The number of anilines is 1. The van der Waals surface area contributed by atoms with Crippen LogP contribution in [0.4, 0.5) is 11.4 Å². The van der Waals surface area contributed by atoms with Crippen molar-refractivity contribution < 1.29 is 9.72 Å². The average molecular weight is 279 g/mol. The second-order valence-electron chi connectivity index (χ2n) is 5.24. The highest BCUT2D eigenvalue weighted by Gasteiger charge is 2.18. The van der Waals surface area contributed by atoms with E-state index in [1.54, 1.807) is 0 Å². The van der Waals surface area contributed by atoms with Crippen molar-refractivity contribution >= 4 is 17.3 Å². The first-order valence-corrected chi connectivity index (χ1v) is 6.62. The van der Waals surface area contributed by atoms with E-state index in [1.165, 1.54) is 25.2 Å². The molecule has 0 aromatic heterocycles. The molecule has 1 amide bonds. The number of nitro groups is 1. The van der Waals surface area contributed by atoms with Gasteiger partial charge in [-0.05, 0) is 31.4 Å². The van der Waals surface area contributed by atoms with E-state index in [9.17, 15) is 14.9 Å². The predicted molar refractivity (Wildman–Crippen MR) is 79.0 cm³/mol.